The van der Waals surface area contributed by atoms with Crippen molar-refractivity contribution in [3.63, 3.8) is 0 Å². The van der Waals surface area contributed by atoms with Gasteiger partial charge in [0.2, 0.25) is 0 Å². The molecule has 0 spiro atoms. The van der Waals surface area contributed by atoms with Crippen molar-refractivity contribution in [3.05, 3.63) is 11.8 Å². The van der Waals surface area contributed by atoms with Gasteiger partial charge < -0.3 is 18.3 Å². The van der Waals surface area contributed by atoms with Crippen LogP contribution in [0.1, 0.15) is 27.2 Å². The van der Waals surface area contributed by atoms with E-state index in [9.17, 15) is 0 Å². The lowest BCUT2D eigenvalue weighted by atomic mass is 10.3. The fraction of sp³-hybridized carbons (Fsp3) is 0.833. The zero-order valence-corrected chi connectivity index (χ0v) is 12.3. The van der Waals surface area contributed by atoms with Gasteiger partial charge in [-0.1, -0.05) is 13.5 Å². The average molecular weight is 260 g/mol. The second kappa shape index (κ2) is 8.00. The fourth-order valence-electron chi connectivity index (χ4n) is 1.59. The van der Waals surface area contributed by atoms with Gasteiger partial charge in [0.05, 0.1) is 19.3 Å². The van der Waals surface area contributed by atoms with Gasteiger partial charge in [-0.3, -0.25) is 0 Å². The Labute approximate surface area is 106 Å². The van der Waals surface area contributed by atoms with Gasteiger partial charge in [0.25, 0.3) is 0 Å². The van der Waals surface area contributed by atoms with Gasteiger partial charge in [0.1, 0.15) is 6.10 Å². The standard InChI is InChI=1S/C12H24O4Si/c1-5-12(14-9-11-8-13-11)10(4)17(15-6-2)16-7-3/h11-12,17H,4-9H2,1-3H3. The topological polar surface area (TPSA) is 40.2 Å². The van der Waals surface area contributed by atoms with Gasteiger partial charge >= 0.3 is 9.28 Å². The van der Waals surface area contributed by atoms with Crippen molar-refractivity contribution in [2.75, 3.05) is 26.4 Å². The molecule has 0 amide bonds. The summed E-state index contributed by atoms with van der Waals surface area (Å²) >= 11 is 0. The van der Waals surface area contributed by atoms with Crippen molar-refractivity contribution < 1.29 is 18.3 Å². The SMILES string of the molecule is C=C(C(CC)OCC1CO1)[SiH](OCC)OCC. The molecule has 5 heteroatoms. The summed E-state index contributed by atoms with van der Waals surface area (Å²) in [4.78, 5) is 0. The molecule has 1 aliphatic heterocycles. The van der Waals surface area contributed by atoms with Crippen LogP contribution < -0.4 is 0 Å². The second-order valence-corrected chi connectivity index (χ2v) is 6.08. The zero-order chi connectivity index (χ0) is 12.7. The molecular formula is C12H24O4Si. The molecule has 100 valence electrons. The molecule has 17 heavy (non-hydrogen) atoms. The molecule has 0 radical (unpaired) electrons. The van der Waals surface area contributed by atoms with Gasteiger partial charge in [-0.25, -0.2) is 0 Å². The van der Waals surface area contributed by atoms with E-state index in [1.165, 1.54) is 0 Å². The van der Waals surface area contributed by atoms with Crippen molar-refractivity contribution in [1.29, 1.82) is 0 Å². The molecule has 4 nitrogen and oxygen atoms in total. The van der Waals surface area contributed by atoms with Crippen molar-refractivity contribution in [2.45, 2.75) is 39.4 Å². The van der Waals surface area contributed by atoms with Gasteiger partial charge in [0.15, 0.2) is 0 Å². The molecule has 2 atom stereocenters. The number of ether oxygens (including phenoxy) is 2. The monoisotopic (exact) mass is 260 g/mol. The Balaban J connectivity index is 2.41. The van der Waals surface area contributed by atoms with Crippen LogP contribution in [0.15, 0.2) is 11.8 Å². The third-order valence-corrected chi connectivity index (χ3v) is 4.86. The molecule has 1 rings (SSSR count). The molecule has 0 aromatic heterocycles. The van der Waals surface area contributed by atoms with Crippen LogP contribution in [-0.2, 0) is 18.3 Å². The summed E-state index contributed by atoms with van der Waals surface area (Å²) < 4.78 is 22.2. The van der Waals surface area contributed by atoms with Gasteiger partial charge in [0, 0.05) is 13.2 Å². The second-order valence-electron chi connectivity index (χ2n) is 4.00. The van der Waals surface area contributed by atoms with E-state index >= 15 is 0 Å². The van der Waals surface area contributed by atoms with Crippen LogP contribution in [0.4, 0.5) is 0 Å². The highest BCUT2D eigenvalue weighted by molar-refractivity contribution is 6.53. The third kappa shape index (κ3) is 5.31. The van der Waals surface area contributed by atoms with Gasteiger partial charge in [-0.05, 0) is 25.5 Å². The van der Waals surface area contributed by atoms with Crippen LogP contribution in [0.5, 0.6) is 0 Å². The minimum absolute atomic E-state index is 0.0361. The van der Waals surface area contributed by atoms with Crippen LogP contribution >= 0.6 is 0 Å². The molecule has 0 saturated carbocycles. The first kappa shape index (κ1) is 14.9. The summed E-state index contributed by atoms with van der Waals surface area (Å²) in [7, 11) is -1.81. The largest absolute Gasteiger partial charge is 0.394 e. The van der Waals surface area contributed by atoms with E-state index in [-0.39, 0.29) is 12.2 Å². The molecule has 0 aromatic carbocycles. The fourth-order valence-corrected chi connectivity index (χ4v) is 3.36. The van der Waals surface area contributed by atoms with Crippen molar-refractivity contribution in [2.24, 2.45) is 0 Å². The molecule has 1 fully saturated rings. The minimum atomic E-state index is -1.81. The Hall–Kier alpha value is -0.203. The highest BCUT2D eigenvalue weighted by Crippen LogP contribution is 2.17. The molecule has 0 aliphatic carbocycles. The Kier molecular flexibility index (Phi) is 6.99. The lowest BCUT2D eigenvalue weighted by molar-refractivity contribution is 0.0626. The minimum Gasteiger partial charge on any atom is -0.394 e. The van der Waals surface area contributed by atoms with E-state index < -0.39 is 9.28 Å². The number of rotatable bonds is 10. The van der Waals surface area contributed by atoms with Crippen LogP contribution in [0.2, 0.25) is 0 Å². The Bertz CT molecular complexity index is 225. The summed E-state index contributed by atoms with van der Waals surface area (Å²) in [5, 5.41) is 0.997. The Morgan fingerprint density at radius 3 is 2.35 bits per heavy atom. The van der Waals surface area contributed by atoms with Crippen molar-refractivity contribution in [1.82, 2.24) is 0 Å². The summed E-state index contributed by atoms with van der Waals surface area (Å²) in [6.45, 7) is 13.0. The van der Waals surface area contributed by atoms with Crippen LogP contribution in [0.3, 0.4) is 0 Å². The lowest BCUT2D eigenvalue weighted by Crippen LogP contribution is -2.33. The quantitative estimate of drug-likeness (QED) is 0.441. The highest BCUT2D eigenvalue weighted by Gasteiger charge is 2.28. The molecule has 0 N–H and O–H groups in total. The van der Waals surface area contributed by atoms with E-state index in [1.54, 1.807) is 0 Å². The smallest absolute Gasteiger partial charge is 0.353 e. The highest BCUT2D eigenvalue weighted by atomic mass is 28.3. The maximum atomic E-state index is 5.80. The van der Waals surface area contributed by atoms with Crippen LogP contribution in [-0.4, -0.2) is 47.9 Å². The third-order valence-electron chi connectivity index (χ3n) is 2.61. The normalized spacial score (nSPS) is 20.6. The van der Waals surface area contributed by atoms with Gasteiger partial charge in [-0.15, -0.1) is 0 Å². The molecule has 2 unspecified atom stereocenters. The Morgan fingerprint density at radius 2 is 1.94 bits per heavy atom. The molecule has 0 bridgehead atoms. The molecule has 1 saturated heterocycles. The van der Waals surface area contributed by atoms with Gasteiger partial charge in [-0.2, -0.15) is 0 Å². The summed E-state index contributed by atoms with van der Waals surface area (Å²) in [5.41, 5.74) is 0. The number of epoxide rings is 1. The molecule has 1 heterocycles. The molecule has 0 aromatic rings. The number of hydrogen-bond acceptors (Lipinski definition) is 4. The van der Waals surface area contributed by atoms with Crippen LogP contribution in [0, 0.1) is 0 Å². The molecule has 1 aliphatic rings. The summed E-state index contributed by atoms with van der Waals surface area (Å²) in [6, 6.07) is 0. The van der Waals surface area contributed by atoms with E-state index in [2.05, 4.69) is 13.5 Å². The predicted octanol–water partition coefficient (Wildman–Crippen LogP) is 1.57. The van der Waals surface area contributed by atoms with Crippen LogP contribution in [0.25, 0.3) is 0 Å². The first-order valence-corrected chi connectivity index (χ1v) is 7.89. The first-order chi connectivity index (χ1) is 8.22. The summed E-state index contributed by atoms with van der Waals surface area (Å²) in [6.07, 6.45) is 1.22. The predicted molar refractivity (Wildman–Crippen MR) is 69.3 cm³/mol. The maximum Gasteiger partial charge on any atom is 0.353 e. The van der Waals surface area contributed by atoms with E-state index in [0.717, 1.165) is 18.2 Å². The van der Waals surface area contributed by atoms with Crippen molar-refractivity contribution in [3.8, 4) is 0 Å². The zero-order valence-electron chi connectivity index (χ0n) is 11.1. The first-order valence-electron chi connectivity index (χ1n) is 6.37. The Morgan fingerprint density at radius 1 is 1.35 bits per heavy atom. The van der Waals surface area contributed by atoms with E-state index in [1.807, 2.05) is 13.8 Å². The van der Waals surface area contributed by atoms with E-state index in [4.69, 9.17) is 18.3 Å². The average Bonchev–Trinajstić information content (AvgIpc) is 3.13. The van der Waals surface area contributed by atoms with E-state index in [0.29, 0.717) is 19.8 Å². The maximum absolute atomic E-state index is 5.80. The number of hydrogen-bond donors (Lipinski definition) is 0. The molecular weight excluding hydrogens is 236 g/mol. The summed E-state index contributed by atoms with van der Waals surface area (Å²) in [5.74, 6) is 0. The lowest BCUT2D eigenvalue weighted by Gasteiger charge is -2.24. The van der Waals surface area contributed by atoms with Crippen molar-refractivity contribution >= 4 is 9.28 Å².